The van der Waals surface area contributed by atoms with E-state index in [2.05, 4.69) is 24.4 Å². The van der Waals surface area contributed by atoms with Crippen LogP contribution in [0.1, 0.15) is 19.3 Å². The summed E-state index contributed by atoms with van der Waals surface area (Å²) < 4.78 is 21.6. The first-order valence-electron chi connectivity index (χ1n) is 8.98. The SMILES string of the molecule is COC(=O)c1sc(-n2cnc3cc(OC)c(OC)cc32)nc1Cl.COC(=O)c1sc(Cl)nc1Cl. The molecule has 1 aromatic carbocycles. The number of carbonyl (C=O) groups excluding carboxylic acids is 2. The third-order valence-corrected chi connectivity index (χ3v) is 7.08. The molecule has 4 rings (SSSR count). The molecule has 180 valence electrons. The molecule has 4 aromatic rings. The van der Waals surface area contributed by atoms with Crippen molar-refractivity contribution in [2.24, 2.45) is 0 Å². The van der Waals surface area contributed by atoms with E-state index in [4.69, 9.17) is 44.3 Å². The van der Waals surface area contributed by atoms with Gasteiger partial charge in [-0.15, -0.1) is 0 Å². The number of ether oxygens (including phenoxy) is 4. The summed E-state index contributed by atoms with van der Waals surface area (Å²) in [7, 11) is 5.68. The Morgan fingerprint density at radius 2 is 1.41 bits per heavy atom. The van der Waals surface area contributed by atoms with Crippen molar-refractivity contribution in [3.05, 3.63) is 43.0 Å². The Kier molecular flexibility index (Phi) is 8.55. The fourth-order valence-electron chi connectivity index (χ4n) is 2.60. The lowest BCUT2D eigenvalue weighted by Crippen LogP contribution is -1.98. The molecule has 0 amide bonds. The molecule has 0 aliphatic heterocycles. The van der Waals surface area contributed by atoms with Crippen LogP contribution < -0.4 is 9.47 Å². The van der Waals surface area contributed by atoms with Crippen LogP contribution in [0, 0.1) is 0 Å². The maximum absolute atomic E-state index is 11.7. The molecule has 0 unspecified atom stereocenters. The Balaban J connectivity index is 0.000000248. The number of halogens is 3. The van der Waals surface area contributed by atoms with E-state index in [0.717, 1.165) is 28.2 Å². The number of aromatic nitrogens is 4. The van der Waals surface area contributed by atoms with Crippen LogP contribution in [0.15, 0.2) is 18.5 Å². The number of esters is 2. The van der Waals surface area contributed by atoms with E-state index < -0.39 is 11.9 Å². The highest BCUT2D eigenvalue weighted by atomic mass is 35.5. The summed E-state index contributed by atoms with van der Waals surface area (Å²) in [5, 5.41) is 0.691. The quantitative estimate of drug-likeness (QED) is 0.302. The van der Waals surface area contributed by atoms with Crippen LogP contribution in [0.3, 0.4) is 0 Å². The highest BCUT2D eigenvalue weighted by Gasteiger charge is 2.20. The minimum absolute atomic E-state index is 0.0897. The van der Waals surface area contributed by atoms with Gasteiger partial charge in [-0.3, -0.25) is 4.57 Å². The fourth-order valence-corrected chi connectivity index (χ4v) is 5.07. The van der Waals surface area contributed by atoms with Crippen LogP contribution in [-0.2, 0) is 9.47 Å². The Morgan fingerprint density at radius 1 is 0.853 bits per heavy atom. The molecule has 0 fully saturated rings. The van der Waals surface area contributed by atoms with Gasteiger partial charge in [0.1, 0.15) is 6.33 Å². The number of imidazole rings is 1. The molecule has 34 heavy (non-hydrogen) atoms. The topological polar surface area (TPSA) is 115 Å². The van der Waals surface area contributed by atoms with Crippen molar-refractivity contribution in [1.29, 1.82) is 0 Å². The van der Waals surface area contributed by atoms with Crippen molar-refractivity contribution >= 4 is 80.4 Å². The molecule has 0 saturated carbocycles. The summed E-state index contributed by atoms with van der Waals surface area (Å²) >= 11 is 19.1. The standard InChI is InChI=1S/C14H12ClN3O4S.C5H3Cl2NO2S/c1-20-9-4-7-8(5-10(9)21-2)18(6-16-7)14-17-12(15)11(23-14)13(19)22-3;1-10-4(9)2-3(6)8-5(7)11-2/h4-6H,1-3H3;1H3. The summed E-state index contributed by atoms with van der Waals surface area (Å²) in [4.78, 5) is 35.1. The van der Waals surface area contributed by atoms with E-state index in [-0.39, 0.29) is 24.5 Å². The van der Waals surface area contributed by atoms with E-state index in [1.807, 2.05) is 0 Å². The van der Waals surface area contributed by atoms with Crippen molar-refractivity contribution in [1.82, 2.24) is 19.5 Å². The molecule has 3 aromatic heterocycles. The van der Waals surface area contributed by atoms with Gasteiger partial charge in [-0.25, -0.2) is 24.5 Å². The minimum atomic E-state index is -0.526. The number of carbonyl (C=O) groups is 2. The van der Waals surface area contributed by atoms with Crippen molar-refractivity contribution in [2.75, 3.05) is 28.4 Å². The zero-order valence-electron chi connectivity index (χ0n) is 17.9. The lowest BCUT2D eigenvalue weighted by Gasteiger charge is -2.07. The van der Waals surface area contributed by atoms with Crippen molar-refractivity contribution in [3.8, 4) is 16.6 Å². The largest absolute Gasteiger partial charge is 0.493 e. The molecule has 10 nitrogen and oxygen atoms in total. The van der Waals surface area contributed by atoms with Crippen LogP contribution >= 0.6 is 57.5 Å². The summed E-state index contributed by atoms with van der Waals surface area (Å²) in [6.45, 7) is 0. The molecule has 0 radical (unpaired) electrons. The first-order chi connectivity index (χ1) is 16.2. The predicted molar refractivity (Wildman–Crippen MR) is 130 cm³/mol. The van der Waals surface area contributed by atoms with Crippen LogP contribution in [0.5, 0.6) is 11.5 Å². The average molecular weight is 566 g/mol. The van der Waals surface area contributed by atoms with Gasteiger partial charge >= 0.3 is 11.9 Å². The molecular weight excluding hydrogens is 551 g/mol. The number of hydrogen-bond acceptors (Lipinski definition) is 11. The highest BCUT2D eigenvalue weighted by molar-refractivity contribution is 7.18. The van der Waals surface area contributed by atoms with Crippen molar-refractivity contribution in [3.63, 3.8) is 0 Å². The highest BCUT2D eigenvalue weighted by Crippen LogP contribution is 2.34. The predicted octanol–water partition coefficient (Wildman–Crippen LogP) is 5.18. The fraction of sp³-hybridized carbons (Fsp3) is 0.211. The minimum Gasteiger partial charge on any atom is -0.493 e. The van der Waals surface area contributed by atoms with Gasteiger partial charge in [0.05, 0.1) is 39.5 Å². The molecule has 3 heterocycles. The zero-order valence-corrected chi connectivity index (χ0v) is 21.8. The van der Waals surface area contributed by atoms with Crippen LogP contribution in [0.4, 0.5) is 0 Å². The molecule has 0 N–H and O–H groups in total. The zero-order chi connectivity index (χ0) is 25.0. The van der Waals surface area contributed by atoms with Crippen LogP contribution in [-0.4, -0.2) is 59.9 Å². The second-order valence-electron chi connectivity index (χ2n) is 6.00. The van der Waals surface area contributed by atoms with E-state index in [1.165, 1.54) is 14.2 Å². The maximum atomic E-state index is 11.7. The van der Waals surface area contributed by atoms with Gasteiger partial charge in [0, 0.05) is 12.1 Å². The second-order valence-corrected chi connectivity index (χ2v) is 9.27. The smallest absolute Gasteiger partial charge is 0.351 e. The Bertz CT molecular complexity index is 1350. The van der Waals surface area contributed by atoms with Crippen LogP contribution in [0.2, 0.25) is 14.8 Å². The van der Waals surface area contributed by atoms with E-state index in [9.17, 15) is 9.59 Å². The first-order valence-corrected chi connectivity index (χ1v) is 11.7. The molecule has 15 heteroatoms. The second kappa shape index (κ2) is 11.2. The molecule has 0 aliphatic rings. The normalized spacial score (nSPS) is 10.4. The molecule has 0 aliphatic carbocycles. The lowest BCUT2D eigenvalue weighted by atomic mass is 10.2. The molecule has 0 spiro atoms. The molecule has 0 saturated heterocycles. The summed E-state index contributed by atoms with van der Waals surface area (Å²) in [5.74, 6) is 0.108. The van der Waals surface area contributed by atoms with Gasteiger partial charge in [-0.2, -0.15) is 0 Å². The first kappa shape index (κ1) is 26.0. The molecular formula is C19H15Cl3N4O6S2. The third-order valence-electron chi connectivity index (χ3n) is 4.13. The van der Waals surface area contributed by atoms with E-state index >= 15 is 0 Å². The number of thiazole rings is 2. The Labute approximate surface area is 215 Å². The Morgan fingerprint density at radius 3 is 1.94 bits per heavy atom. The lowest BCUT2D eigenvalue weighted by molar-refractivity contribution is 0.0597. The van der Waals surface area contributed by atoms with Gasteiger partial charge < -0.3 is 18.9 Å². The number of hydrogen-bond donors (Lipinski definition) is 0. The van der Waals surface area contributed by atoms with Crippen molar-refractivity contribution in [2.45, 2.75) is 0 Å². The van der Waals surface area contributed by atoms with E-state index in [0.29, 0.717) is 22.1 Å². The van der Waals surface area contributed by atoms with Crippen molar-refractivity contribution < 1.29 is 28.5 Å². The Hall–Kier alpha value is -2.64. The van der Waals surface area contributed by atoms with Gasteiger partial charge in [0.15, 0.2) is 41.2 Å². The monoisotopic (exact) mass is 564 g/mol. The van der Waals surface area contributed by atoms with Gasteiger partial charge in [-0.05, 0) is 0 Å². The van der Waals surface area contributed by atoms with Gasteiger partial charge in [0.25, 0.3) is 0 Å². The number of rotatable bonds is 5. The van der Waals surface area contributed by atoms with Crippen LogP contribution in [0.25, 0.3) is 16.2 Å². The number of fused-ring (bicyclic) bond motifs is 1. The summed E-state index contributed by atoms with van der Waals surface area (Å²) in [6, 6.07) is 3.55. The third kappa shape index (κ3) is 5.36. The van der Waals surface area contributed by atoms with E-state index in [1.54, 1.807) is 37.2 Å². The number of methoxy groups -OCH3 is 4. The average Bonchev–Trinajstić information content (AvgIpc) is 3.52. The molecule has 0 atom stereocenters. The number of nitrogens with zero attached hydrogens (tertiary/aromatic N) is 4. The number of benzene rings is 1. The van der Waals surface area contributed by atoms with Gasteiger partial charge in [0.2, 0.25) is 0 Å². The van der Waals surface area contributed by atoms with Gasteiger partial charge in [-0.1, -0.05) is 57.5 Å². The maximum Gasteiger partial charge on any atom is 0.351 e. The molecule has 0 bridgehead atoms. The summed E-state index contributed by atoms with van der Waals surface area (Å²) in [5.41, 5.74) is 1.46. The summed E-state index contributed by atoms with van der Waals surface area (Å²) in [6.07, 6.45) is 1.60.